The van der Waals surface area contributed by atoms with Crippen molar-refractivity contribution in [1.82, 2.24) is 4.72 Å². The molecule has 0 aliphatic rings. The maximum absolute atomic E-state index is 12.4. The second-order valence-electron chi connectivity index (χ2n) is 5.47. The summed E-state index contributed by atoms with van der Waals surface area (Å²) in [5.41, 5.74) is 1.91. The molecule has 0 aliphatic heterocycles. The molecule has 0 radical (unpaired) electrons. The predicted octanol–water partition coefficient (Wildman–Crippen LogP) is 2.88. The summed E-state index contributed by atoms with van der Waals surface area (Å²) >= 11 is 6.00. The number of aryl methyl sites for hydroxylation is 2. The van der Waals surface area contributed by atoms with Crippen LogP contribution in [0.1, 0.15) is 11.1 Å². The predicted molar refractivity (Wildman–Crippen MR) is 97.7 cm³/mol. The SMILES string of the molecule is COc1ccc(S(=O)(=O)NCC(=O)Nc2ccc(C)c(Cl)c2)c(C)c1. The van der Waals surface area contributed by atoms with Gasteiger partial charge in [-0.05, 0) is 55.3 Å². The van der Waals surface area contributed by atoms with E-state index in [1.54, 1.807) is 37.3 Å². The first kappa shape index (κ1) is 19.2. The summed E-state index contributed by atoms with van der Waals surface area (Å²) in [7, 11) is -2.31. The first-order valence-electron chi connectivity index (χ1n) is 7.43. The van der Waals surface area contributed by atoms with E-state index in [0.717, 1.165) is 5.56 Å². The molecule has 2 rings (SSSR count). The highest BCUT2D eigenvalue weighted by Gasteiger charge is 2.18. The average Bonchev–Trinajstić information content (AvgIpc) is 2.56. The molecule has 0 aliphatic carbocycles. The largest absolute Gasteiger partial charge is 0.497 e. The second kappa shape index (κ2) is 7.86. The molecule has 0 unspecified atom stereocenters. The van der Waals surface area contributed by atoms with Gasteiger partial charge in [0.1, 0.15) is 5.75 Å². The van der Waals surface area contributed by atoms with Crippen molar-refractivity contribution in [2.75, 3.05) is 19.0 Å². The van der Waals surface area contributed by atoms with Crippen LogP contribution in [0.25, 0.3) is 0 Å². The number of sulfonamides is 1. The van der Waals surface area contributed by atoms with Gasteiger partial charge in [0.15, 0.2) is 0 Å². The molecule has 2 N–H and O–H groups in total. The number of amides is 1. The Morgan fingerprint density at radius 2 is 1.84 bits per heavy atom. The van der Waals surface area contributed by atoms with E-state index in [1.807, 2.05) is 6.92 Å². The summed E-state index contributed by atoms with van der Waals surface area (Å²) in [5, 5.41) is 3.12. The van der Waals surface area contributed by atoms with Crippen molar-refractivity contribution in [2.45, 2.75) is 18.7 Å². The van der Waals surface area contributed by atoms with E-state index < -0.39 is 15.9 Å². The van der Waals surface area contributed by atoms with Crippen LogP contribution in [-0.2, 0) is 14.8 Å². The zero-order valence-corrected chi connectivity index (χ0v) is 15.7. The van der Waals surface area contributed by atoms with Crippen molar-refractivity contribution in [3.63, 3.8) is 0 Å². The summed E-state index contributed by atoms with van der Waals surface area (Å²) in [4.78, 5) is 12.1. The van der Waals surface area contributed by atoms with Gasteiger partial charge in [0.05, 0.1) is 18.6 Å². The van der Waals surface area contributed by atoms with Gasteiger partial charge in [-0.3, -0.25) is 4.79 Å². The highest BCUT2D eigenvalue weighted by molar-refractivity contribution is 7.89. The minimum atomic E-state index is -3.81. The minimum absolute atomic E-state index is 0.0967. The lowest BCUT2D eigenvalue weighted by Gasteiger charge is -2.11. The van der Waals surface area contributed by atoms with Gasteiger partial charge in [0.2, 0.25) is 15.9 Å². The molecular weight excluding hydrogens is 364 g/mol. The van der Waals surface area contributed by atoms with Crippen LogP contribution >= 0.6 is 11.6 Å². The first-order chi connectivity index (χ1) is 11.7. The Morgan fingerprint density at radius 3 is 2.44 bits per heavy atom. The third-order valence-electron chi connectivity index (χ3n) is 3.55. The van der Waals surface area contributed by atoms with Gasteiger partial charge in [-0.25, -0.2) is 13.1 Å². The highest BCUT2D eigenvalue weighted by Crippen LogP contribution is 2.21. The van der Waals surface area contributed by atoms with E-state index in [2.05, 4.69) is 10.0 Å². The first-order valence-corrected chi connectivity index (χ1v) is 9.29. The van der Waals surface area contributed by atoms with Crippen LogP contribution in [0.3, 0.4) is 0 Å². The number of ether oxygens (including phenoxy) is 1. The van der Waals surface area contributed by atoms with E-state index in [9.17, 15) is 13.2 Å². The molecule has 0 heterocycles. The van der Waals surface area contributed by atoms with E-state index in [-0.39, 0.29) is 11.4 Å². The zero-order valence-electron chi connectivity index (χ0n) is 14.1. The van der Waals surface area contributed by atoms with Gasteiger partial charge in [-0.2, -0.15) is 0 Å². The third kappa shape index (κ3) is 4.94. The topological polar surface area (TPSA) is 84.5 Å². The number of carbonyl (C=O) groups is 1. The van der Waals surface area contributed by atoms with Crippen molar-refractivity contribution in [1.29, 1.82) is 0 Å². The Labute approximate surface area is 152 Å². The van der Waals surface area contributed by atoms with Crippen LogP contribution in [0.15, 0.2) is 41.3 Å². The third-order valence-corrected chi connectivity index (χ3v) is 5.52. The number of hydrogen-bond donors (Lipinski definition) is 2. The van der Waals surface area contributed by atoms with E-state index in [0.29, 0.717) is 22.0 Å². The van der Waals surface area contributed by atoms with Crippen LogP contribution in [0, 0.1) is 13.8 Å². The molecule has 0 saturated heterocycles. The molecule has 1 amide bonds. The normalized spacial score (nSPS) is 11.2. The van der Waals surface area contributed by atoms with Gasteiger partial charge < -0.3 is 10.1 Å². The molecule has 134 valence electrons. The van der Waals surface area contributed by atoms with Crippen molar-refractivity contribution < 1.29 is 17.9 Å². The Bertz CT molecular complexity index is 898. The lowest BCUT2D eigenvalue weighted by atomic mass is 10.2. The van der Waals surface area contributed by atoms with Gasteiger partial charge >= 0.3 is 0 Å². The smallest absolute Gasteiger partial charge is 0.241 e. The number of methoxy groups -OCH3 is 1. The number of halogens is 1. The number of rotatable bonds is 6. The van der Waals surface area contributed by atoms with E-state index >= 15 is 0 Å². The van der Waals surface area contributed by atoms with Gasteiger partial charge in [-0.15, -0.1) is 0 Å². The summed E-state index contributed by atoms with van der Waals surface area (Å²) < 4.78 is 32.1. The Morgan fingerprint density at radius 1 is 1.12 bits per heavy atom. The monoisotopic (exact) mass is 382 g/mol. The van der Waals surface area contributed by atoms with E-state index in [1.165, 1.54) is 13.2 Å². The minimum Gasteiger partial charge on any atom is -0.497 e. The highest BCUT2D eigenvalue weighted by atomic mass is 35.5. The molecule has 0 aromatic heterocycles. The number of nitrogens with one attached hydrogen (secondary N) is 2. The van der Waals surface area contributed by atoms with Crippen LogP contribution in [0.5, 0.6) is 5.75 Å². The number of carbonyl (C=O) groups excluding carboxylic acids is 1. The van der Waals surface area contributed by atoms with Crippen molar-refractivity contribution in [2.24, 2.45) is 0 Å². The molecule has 0 atom stereocenters. The van der Waals surface area contributed by atoms with Gasteiger partial charge in [-0.1, -0.05) is 17.7 Å². The van der Waals surface area contributed by atoms with Crippen LogP contribution in [0.4, 0.5) is 5.69 Å². The Hall–Kier alpha value is -2.09. The maximum Gasteiger partial charge on any atom is 0.241 e. The molecule has 0 saturated carbocycles. The fourth-order valence-corrected chi connectivity index (χ4v) is 3.55. The number of benzene rings is 2. The molecule has 0 spiro atoms. The number of anilines is 1. The lowest BCUT2D eigenvalue weighted by Crippen LogP contribution is -2.33. The van der Waals surface area contributed by atoms with Crippen LogP contribution < -0.4 is 14.8 Å². The van der Waals surface area contributed by atoms with Gasteiger partial charge in [0, 0.05) is 10.7 Å². The van der Waals surface area contributed by atoms with E-state index in [4.69, 9.17) is 16.3 Å². The van der Waals surface area contributed by atoms with Crippen molar-refractivity contribution in [3.05, 3.63) is 52.5 Å². The molecule has 0 bridgehead atoms. The van der Waals surface area contributed by atoms with Crippen molar-refractivity contribution in [3.8, 4) is 5.75 Å². The molecule has 0 fully saturated rings. The Kier molecular flexibility index (Phi) is 6.05. The Balaban J connectivity index is 2.03. The van der Waals surface area contributed by atoms with Crippen LogP contribution in [-0.4, -0.2) is 28.0 Å². The summed E-state index contributed by atoms with van der Waals surface area (Å²) in [6, 6.07) is 9.67. The fraction of sp³-hybridized carbons (Fsp3) is 0.235. The molecule has 2 aromatic carbocycles. The molecular formula is C17H19ClN2O4S. The second-order valence-corrected chi connectivity index (χ2v) is 7.61. The quantitative estimate of drug-likeness (QED) is 0.804. The fourth-order valence-electron chi connectivity index (χ4n) is 2.16. The average molecular weight is 383 g/mol. The summed E-state index contributed by atoms with van der Waals surface area (Å²) in [5.74, 6) is 0.0695. The van der Waals surface area contributed by atoms with Crippen LogP contribution in [0.2, 0.25) is 5.02 Å². The zero-order chi connectivity index (χ0) is 18.6. The molecule has 8 heteroatoms. The lowest BCUT2D eigenvalue weighted by molar-refractivity contribution is -0.115. The van der Waals surface area contributed by atoms with Gasteiger partial charge in [0.25, 0.3) is 0 Å². The standard InChI is InChI=1S/C17H19ClN2O4S/c1-11-4-5-13(9-15(11)18)20-17(21)10-19-25(22,23)16-7-6-14(24-3)8-12(16)2/h4-9,19H,10H2,1-3H3,(H,20,21). The molecule has 6 nitrogen and oxygen atoms in total. The molecule has 25 heavy (non-hydrogen) atoms. The maximum atomic E-state index is 12.4. The summed E-state index contributed by atoms with van der Waals surface area (Å²) in [6.45, 7) is 3.12. The van der Waals surface area contributed by atoms with Crippen molar-refractivity contribution >= 4 is 33.2 Å². The molecule has 2 aromatic rings. The number of hydrogen-bond acceptors (Lipinski definition) is 4. The summed E-state index contributed by atoms with van der Waals surface area (Å²) in [6.07, 6.45) is 0.